The van der Waals surface area contributed by atoms with E-state index in [1.54, 1.807) is 0 Å². The van der Waals surface area contributed by atoms with E-state index in [2.05, 4.69) is 70.8 Å². The quantitative estimate of drug-likeness (QED) is 0.443. The minimum atomic E-state index is -0.681. The number of pyridine rings is 1. The number of rotatable bonds is 6. The molecule has 0 aromatic carbocycles. The van der Waals surface area contributed by atoms with Gasteiger partial charge in [-0.25, -0.2) is 4.98 Å². The normalized spacial score (nSPS) is 12.5. The molecule has 110 valence electrons. The van der Waals surface area contributed by atoms with Crippen molar-refractivity contribution in [2.24, 2.45) is 0 Å². The van der Waals surface area contributed by atoms with Crippen LogP contribution in [0, 0.1) is 0 Å². The van der Waals surface area contributed by atoms with Gasteiger partial charge in [-0.3, -0.25) is 0 Å². The molecular weight excluding hydrogens is 332 g/mol. The molecule has 2 aromatic rings. The molecule has 0 aliphatic heterocycles. The molecule has 2 aromatic heterocycles. The molecular formula is C15H23BrN2OSi. The van der Waals surface area contributed by atoms with Gasteiger partial charge in [0.15, 0.2) is 0 Å². The van der Waals surface area contributed by atoms with Gasteiger partial charge in [0.25, 0.3) is 0 Å². The largest absolute Gasteiger partial charge is 0.379 e. The predicted octanol–water partition coefficient (Wildman–Crippen LogP) is 4.08. The van der Waals surface area contributed by atoms with Gasteiger partial charge in [-0.05, 0) is 39.2 Å². The van der Waals surface area contributed by atoms with Crippen LogP contribution in [0.3, 0.4) is 0 Å². The zero-order chi connectivity index (χ0) is 14.8. The van der Waals surface area contributed by atoms with Crippen molar-refractivity contribution >= 4 is 35.8 Å². The van der Waals surface area contributed by atoms with Gasteiger partial charge in [0, 0.05) is 33.5 Å². The molecule has 0 radical (unpaired) electrons. The fourth-order valence-electron chi connectivity index (χ4n) is 1.88. The summed E-state index contributed by atoms with van der Waals surface area (Å²) in [4.78, 5) is 4.52. The standard InChI is InChI=1S/C15H23BrN2OSi/c1-15(2,20(3)4)11-19-10-9-18-8-7-12-5-6-13(16)17-14(12)18/h5-8,20H,9-11H2,1-4H3. The smallest absolute Gasteiger partial charge is 0.141 e. The first-order valence-corrected chi connectivity index (χ1v) is 10.8. The van der Waals surface area contributed by atoms with Gasteiger partial charge < -0.3 is 9.30 Å². The average Bonchev–Trinajstić information content (AvgIpc) is 2.77. The molecule has 0 unspecified atom stereocenters. The third kappa shape index (κ3) is 3.71. The number of hydrogen-bond donors (Lipinski definition) is 0. The van der Waals surface area contributed by atoms with Crippen molar-refractivity contribution in [3.05, 3.63) is 29.0 Å². The average molecular weight is 355 g/mol. The molecule has 20 heavy (non-hydrogen) atoms. The van der Waals surface area contributed by atoms with E-state index in [1.165, 1.54) is 5.39 Å². The predicted molar refractivity (Wildman–Crippen MR) is 91.2 cm³/mol. The first kappa shape index (κ1) is 15.7. The zero-order valence-corrected chi connectivity index (χ0v) is 15.4. The second-order valence-corrected chi connectivity index (χ2v) is 10.9. The Balaban J connectivity index is 1.92. The highest BCUT2D eigenvalue weighted by atomic mass is 79.9. The summed E-state index contributed by atoms with van der Waals surface area (Å²) in [6, 6.07) is 6.15. The van der Waals surface area contributed by atoms with Gasteiger partial charge in [-0.1, -0.05) is 26.9 Å². The minimum Gasteiger partial charge on any atom is -0.379 e. The molecule has 0 bridgehead atoms. The molecule has 3 nitrogen and oxygen atoms in total. The molecule has 0 amide bonds. The number of nitrogens with zero attached hydrogens (tertiary/aromatic N) is 2. The highest BCUT2D eigenvalue weighted by Gasteiger charge is 2.23. The number of hydrogen-bond acceptors (Lipinski definition) is 2. The molecule has 0 fully saturated rings. The van der Waals surface area contributed by atoms with Gasteiger partial charge in [0.1, 0.15) is 10.3 Å². The van der Waals surface area contributed by atoms with Crippen LogP contribution in [0.4, 0.5) is 0 Å². The fraction of sp³-hybridized carbons (Fsp3) is 0.533. The minimum absolute atomic E-state index is 0.361. The molecule has 0 saturated heterocycles. The van der Waals surface area contributed by atoms with E-state index in [4.69, 9.17) is 4.74 Å². The maximum atomic E-state index is 5.89. The number of aromatic nitrogens is 2. The molecule has 2 rings (SSSR count). The lowest BCUT2D eigenvalue weighted by atomic mass is 10.2. The summed E-state index contributed by atoms with van der Waals surface area (Å²) < 4.78 is 8.91. The van der Waals surface area contributed by atoms with E-state index in [9.17, 15) is 0 Å². The summed E-state index contributed by atoms with van der Waals surface area (Å²) in [5.41, 5.74) is 1.01. The summed E-state index contributed by atoms with van der Waals surface area (Å²) in [7, 11) is -0.681. The van der Waals surface area contributed by atoms with Crippen LogP contribution in [0.15, 0.2) is 29.0 Å². The van der Waals surface area contributed by atoms with Crippen LogP contribution in [0.25, 0.3) is 11.0 Å². The first-order valence-electron chi connectivity index (χ1n) is 7.09. The molecule has 2 heterocycles. The van der Waals surface area contributed by atoms with Crippen molar-refractivity contribution in [2.45, 2.75) is 38.5 Å². The maximum Gasteiger partial charge on any atom is 0.141 e. The van der Waals surface area contributed by atoms with Crippen LogP contribution in [0.1, 0.15) is 13.8 Å². The van der Waals surface area contributed by atoms with Crippen molar-refractivity contribution in [3.8, 4) is 0 Å². The Morgan fingerprint density at radius 2 is 2.05 bits per heavy atom. The van der Waals surface area contributed by atoms with Crippen LogP contribution in [0.2, 0.25) is 18.1 Å². The Hall–Kier alpha value is -0.653. The monoisotopic (exact) mass is 354 g/mol. The summed E-state index contributed by atoms with van der Waals surface area (Å²) in [6.07, 6.45) is 2.08. The van der Waals surface area contributed by atoms with Crippen LogP contribution in [-0.4, -0.2) is 31.6 Å². The molecule has 0 spiro atoms. The van der Waals surface area contributed by atoms with Crippen LogP contribution in [0.5, 0.6) is 0 Å². The van der Waals surface area contributed by atoms with E-state index >= 15 is 0 Å². The van der Waals surface area contributed by atoms with E-state index < -0.39 is 8.80 Å². The molecule has 0 aliphatic rings. The lowest BCUT2D eigenvalue weighted by Gasteiger charge is -2.27. The van der Waals surface area contributed by atoms with Crippen LogP contribution in [-0.2, 0) is 11.3 Å². The summed E-state index contributed by atoms with van der Waals surface area (Å²) >= 11 is 3.42. The maximum absolute atomic E-state index is 5.89. The summed E-state index contributed by atoms with van der Waals surface area (Å²) in [5.74, 6) is 0. The molecule has 5 heteroatoms. The highest BCUT2D eigenvalue weighted by Crippen LogP contribution is 2.28. The molecule has 0 atom stereocenters. The Bertz CT molecular complexity index is 580. The van der Waals surface area contributed by atoms with Crippen LogP contribution >= 0.6 is 15.9 Å². The Labute approximate surface area is 131 Å². The van der Waals surface area contributed by atoms with Crippen LogP contribution < -0.4 is 0 Å². The SMILES string of the molecule is C[SiH](C)C(C)(C)COCCn1ccc2ccc(Br)nc21. The molecule has 0 saturated carbocycles. The Kier molecular flexibility index (Phi) is 5.04. The third-order valence-electron chi connectivity index (χ3n) is 4.09. The first-order chi connectivity index (χ1) is 9.40. The Morgan fingerprint density at radius 1 is 1.30 bits per heavy atom. The lowest BCUT2D eigenvalue weighted by molar-refractivity contribution is 0.107. The van der Waals surface area contributed by atoms with E-state index in [-0.39, 0.29) is 0 Å². The summed E-state index contributed by atoms with van der Waals surface area (Å²) in [5, 5.41) is 1.53. The second-order valence-electron chi connectivity index (χ2n) is 6.25. The molecule has 0 aliphatic carbocycles. The number of ether oxygens (including phenoxy) is 1. The third-order valence-corrected chi connectivity index (χ3v) is 7.83. The van der Waals surface area contributed by atoms with Crippen molar-refractivity contribution in [1.82, 2.24) is 9.55 Å². The second kappa shape index (κ2) is 6.41. The highest BCUT2D eigenvalue weighted by molar-refractivity contribution is 9.10. The van der Waals surface area contributed by atoms with E-state index in [0.29, 0.717) is 5.04 Å². The van der Waals surface area contributed by atoms with Gasteiger partial charge in [-0.2, -0.15) is 0 Å². The van der Waals surface area contributed by atoms with Crippen molar-refractivity contribution in [2.75, 3.05) is 13.2 Å². The van der Waals surface area contributed by atoms with Crippen molar-refractivity contribution in [3.63, 3.8) is 0 Å². The lowest BCUT2D eigenvalue weighted by Crippen LogP contribution is -2.26. The van der Waals surface area contributed by atoms with E-state index in [0.717, 1.165) is 30.0 Å². The molecule has 0 N–H and O–H groups in total. The number of halogens is 1. The topological polar surface area (TPSA) is 27.1 Å². The number of fused-ring (bicyclic) bond motifs is 1. The van der Waals surface area contributed by atoms with Gasteiger partial charge in [-0.15, -0.1) is 0 Å². The Morgan fingerprint density at radius 3 is 2.75 bits per heavy atom. The summed E-state index contributed by atoms with van der Waals surface area (Å²) in [6.45, 7) is 11.8. The van der Waals surface area contributed by atoms with E-state index in [1.807, 2.05) is 6.07 Å². The fourth-order valence-corrected chi connectivity index (χ4v) is 2.63. The van der Waals surface area contributed by atoms with Gasteiger partial charge >= 0.3 is 0 Å². The van der Waals surface area contributed by atoms with Gasteiger partial charge in [0.2, 0.25) is 0 Å². The van der Waals surface area contributed by atoms with Gasteiger partial charge in [0.05, 0.1) is 6.61 Å². The van der Waals surface area contributed by atoms with Crippen molar-refractivity contribution in [1.29, 1.82) is 0 Å². The van der Waals surface area contributed by atoms with Crippen molar-refractivity contribution < 1.29 is 4.74 Å². The zero-order valence-electron chi connectivity index (χ0n) is 12.7.